The van der Waals surface area contributed by atoms with Crippen molar-refractivity contribution < 1.29 is 15.3 Å². The van der Waals surface area contributed by atoms with Gasteiger partial charge in [-0.05, 0) is 30.5 Å². The number of aliphatic hydroxyl groups is 2. The molecular weight excluding hydrogens is 252 g/mol. The molecule has 0 fully saturated rings. The largest absolute Gasteiger partial charge is 0.508 e. The fourth-order valence-electron chi connectivity index (χ4n) is 1.95. The molecule has 0 atom stereocenters. The van der Waals surface area contributed by atoms with Gasteiger partial charge in [0.05, 0.1) is 13.2 Å². The zero-order valence-corrected chi connectivity index (χ0v) is 12.7. The first kappa shape index (κ1) is 18.9. The summed E-state index contributed by atoms with van der Waals surface area (Å²) in [5.41, 5.74) is 1.34. The maximum absolute atomic E-state index is 9.15. The summed E-state index contributed by atoms with van der Waals surface area (Å²) in [7, 11) is 0. The summed E-state index contributed by atoms with van der Waals surface area (Å²) >= 11 is 0. The zero-order valence-electron chi connectivity index (χ0n) is 12.7. The lowest BCUT2D eigenvalue weighted by atomic mass is 10.0. The lowest BCUT2D eigenvalue weighted by Gasteiger charge is -2.02. The van der Waals surface area contributed by atoms with Crippen LogP contribution >= 0.6 is 0 Å². The van der Waals surface area contributed by atoms with Crippen LogP contribution in [0.15, 0.2) is 24.3 Å². The van der Waals surface area contributed by atoms with Crippen molar-refractivity contribution in [2.45, 2.75) is 58.3 Å². The van der Waals surface area contributed by atoms with E-state index in [1.807, 2.05) is 12.1 Å². The Morgan fingerprint density at radius 3 is 1.75 bits per heavy atom. The van der Waals surface area contributed by atoms with Crippen molar-refractivity contribution in [2.75, 3.05) is 13.2 Å². The van der Waals surface area contributed by atoms with E-state index in [9.17, 15) is 0 Å². The summed E-state index contributed by atoms with van der Waals surface area (Å²) < 4.78 is 0. The minimum atomic E-state index is -0.125. The lowest BCUT2D eigenvalue weighted by Crippen LogP contribution is -1.85. The van der Waals surface area contributed by atoms with E-state index in [1.165, 1.54) is 50.5 Å². The van der Waals surface area contributed by atoms with Crippen LogP contribution in [0.1, 0.15) is 57.4 Å². The molecule has 3 nitrogen and oxygen atoms in total. The average Bonchev–Trinajstić information content (AvgIpc) is 2.48. The Hall–Kier alpha value is -1.06. The molecule has 0 aliphatic heterocycles. The van der Waals surface area contributed by atoms with E-state index in [0.29, 0.717) is 5.75 Å². The Morgan fingerprint density at radius 1 is 0.750 bits per heavy atom. The van der Waals surface area contributed by atoms with E-state index in [2.05, 4.69) is 6.92 Å². The molecule has 0 aliphatic rings. The van der Waals surface area contributed by atoms with Crippen LogP contribution in [0, 0.1) is 0 Å². The van der Waals surface area contributed by atoms with E-state index in [-0.39, 0.29) is 13.2 Å². The fourth-order valence-corrected chi connectivity index (χ4v) is 1.95. The van der Waals surface area contributed by atoms with Gasteiger partial charge >= 0.3 is 0 Å². The van der Waals surface area contributed by atoms with Gasteiger partial charge in [-0.25, -0.2) is 0 Å². The van der Waals surface area contributed by atoms with Crippen molar-refractivity contribution >= 4 is 0 Å². The number of hydrogen-bond acceptors (Lipinski definition) is 3. The molecule has 0 heterocycles. The summed E-state index contributed by atoms with van der Waals surface area (Å²) in [6, 6.07) is 7.59. The third-order valence-electron chi connectivity index (χ3n) is 3.11. The predicted octanol–water partition coefficient (Wildman–Crippen LogP) is 3.66. The Balaban J connectivity index is 0.000000796. The second kappa shape index (κ2) is 14.4. The molecule has 0 bridgehead atoms. The predicted molar refractivity (Wildman–Crippen MR) is 84.0 cm³/mol. The van der Waals surface area contributed by atoms with Crippen LogP contribution in [0.25, 0.3) is 0 Å². The molecule has 0 saturated carbocycles. The average molecular weight is 282 g/mol. The number of aryl methyl sites for hydroxylation is 1. The molecule has 0 aromatic heterocycles. The van der Waals surface area contributed by atoms with Crippen molar-refractivity contribution in [3.8, 4) is 5.75 Å². The number of aliphatic hydroxyl groups excluding tert-OH is 2. The second-order valence-electron chi connectivity index (χ2n) is 4.98. The molecule has 20 heavy (non-hydrogen) atoms. The molecular formula is C17H30O3. The highest BCUT2D eigenvalue weighted by Crippen LogP contribution is 2.13. The Kier molecular flexibility index (Phi) is 13.6. The van der Waals surface area contributed by atoms with Crippen molar-refractivity contribution in [2.24, 2.45) is 0 Å². The van der Waals surface area contributed by atoms with Crippen LogP contribution < -0.4 is 0 Å². The monoisotopic (exact) mass is 282 g/mol. The third kappa shape index (κ3) is 12.0. The smallest absolute Gasteiger partial charge is 0.115 e. The summed E-state index contributed by atoms with van der Waals surface area (Å²) in [5.74, 6) is 0.364. The van der Waals surface area contributed by atoms with Gasteiger partial charge in [-0.3, -0.25) is 0 Å². The number of unbranched alkanes of at least 4 members (excludes halogenated alkanes) is 6. The van der Waals surface area contributed by atoms with Crippen molar-refractivity contribution in [1.82, 2.24) is 0 Å². The maximum atomic E-state index is 9.15. The number of hydrogen-bond donors (Lipinski definition) is 3. The van der Waals surface area contributed by atoms with Gasteiger partial charge in [0.2, 0.25) is 0 Å². The highest BCUT2D eigenvalue weighted by molar-refractivity contribution is 5.25. The van der Waals surface area contributed by atoms with Crippen molar-refractivity contribution in [1.29, 1.82) is 0 Å². The highest BCUT2D eigenvalue weighted by atomic mass is 16.3. The molecule has 1 rings (SSSR count). The summed E-state index contributed by atoms with van der Waals surface area (Å²) in [6.07, 6.45) is 10.6. The van der Waals surface area contributed by atoms with E-state index < -0.39 is 0 Å². The van der Waals surface area contributed by atoms with Gasteiger partial charge in [0.25, 0.3) is 0 Å². The molecule has 0 saturated heterocycles. The van der Waals surface area contributed by atoms with Gasteiger partial charge in [0, 0.05) is 0 Å². The Morgan fingerprint density at radius 2 is 1.25 bits per heavy atom. The van der Waals surface area contributed by atoms with E-state index >= 15 is 0 Å². The molecule has 3 N–H and O–H groups in total. The van der Waals surface area contributed by atoms with Gasteiger partial charge in [-0.2, -0.15) is 0 Å². The van der Waals surface area contributed by atoms with E-state index in [1.54, 1.807) is 12.1 Å². The topological polar surface area (TPSA) is 60.7 Å². The van der Waals surface area contributed by atoms with Gasteiger partial charge in [-0.1, -0.05) is 57.6 Å². The first-order valence-corrected chi connectivity index (χ1v) is 7.74. The molecule has 0 amide bonds. The first-order valence-electron chi connectivity index (χ1n) is 7.74. The molecule has 1 aromatic carbocycles. The number of aromatic hydroxyl groups is 1. The Labute approximate surface area is 123 Å². The molecule has 3 heteroatoms. The Bertz CT molecular complexity index is 294. The fraction of sp³-hybridized carbons (Fsp3) is 0.647. The number of benzene rings is 1. The molecule has 0 spiro atoms. The first-order chi connectivity index (χ1) is 9.74. The summed E-state index contributed by atoms with van der Waals surface area (Å²) in [4.78, 5) is 0. The molecule has 0 radical (unpaired) electrons. The van der Waals surface area contributed by atoms with Gasteiger partial charge in [-0.15, -0.1) is 0 Å². The van der Waals surface area contributed by atoms with Gasteiger partial charge in [0.15, 0.2) is 0 Å². The van der Waals surface area contributed by atoms with Crippen LogP contribution in [0.4, 0.5) is 0 Å². The zero-order chi connectivity index (χ0) is 15.1. The van der Waals surface area contributed by atoms with Crippen molar-refractivity contribution in [3.63, 3.8) is 0 Å². The van der Waals surface area contributed by atoms with Crippen molar-refractivity contribution in [3.05, 3.63) is 29.8 Å². The number of phenolic OH excluding ortho intramolecular Hbond substituents is 1. The minimum absolute atomic E-state index is 0.125. The summed E-state index contributed by atoms with van der Waals surface area (Å²) in [6.45, 7) is 2.00. The maximum Gasteiger partial charge on any atom is 0.115 e. The van der Waals surface area contributed by atoms with Gasteiger partial charge in [0.1, 0.15) is 5.75 Å². The van der Waals surface area contributed by atoms with Gasteiger partial charge < -0.3 is 15.3 Å². The minimum Gasteiger partial charge on any atom is -0.508 e. The third-order valence-corrected chi connectivity index (χ3v) is 3.11. The molecule has 0 aliphatic carbocycles. The SMILES string of the molecule is CCCCCCCCCc1ccc(O)cc1.OCCO. The number of rotatable bonds is 9. The second-order valence-corrected chi connectivity index (χ2v) is 4.98. The highest BCUT2D eigenvalue weighted by Gasteiger charge is 1.94. The molecule has 0 unspecified atom stereocenters. The summed E-state index contributed by atoms with van der Waals surface area (Å²) in [5, 5.41) is 24.4. The molecule has 116 valence electrons. The standard InChI is InChI=1S/C15H24O.C2H6O2/c1-2-3-4-5-6-7-8-9-14-10-12-15(16)13-11-14;3-1-2-4/h10-13,16H,2-9H2,1H3;3-4H,1-2H2. The van der Waals surface area contributed by atoms with E-state index in [4.69, 9.17) is 15.3 Å². The van der Waals surface area contributed by atoms with E-state index in [0.717, 1.165) is 6.42 Å². The number of phenols is 1. The van der Waals surface area contributed by atoms with Crippen LogP contribution in [0.3, 0.4) is 0 Å². The normalized spacial score (nSPS) is 9.95. The lowest BCUT2D eigenvalue weighted by molar-refractivity contribution is 0.186. The van der Waals surface area contributed by atoms with Crippen LogP contribution in [0.2, 0.25) is 0 Å². The van der Waals surface area contributed by atoms with Crippen LogP contribution in [-0.4, -0.2) is 28.5 Å². The quantitative estimate of drug-likeness (QED) is 0.606. The molecule has 1 aromatic rings. The van der Waals surface area contributed by atoms with Crippen LogP contribution in [-0.2, 0) is 6.42 Å². The van der Waals surface area contributed by atoms with Crippen LogP contribution in [0.5, 0.6) is 5.75 Å².